The normalized spacial score (nSPS) is 36.2. The molecule has 0 aliphatic carbocycles. The van der Waals surface area contributed by atoms with E-state index in [2.05, 4.69) is 11.4 Å². The first-order valence-electron chi connectivity index (χ1n) is 3.94. The van der Waals surface area contributed by atoms with Crippen LogP contribution in [-0.4, -0.2) is 17.0 Å². The van der Waals surface area contributed by atoms with Crippen LogP contribution in [-0.2, 0) is 4.79 Å². The van der Waals surface area contributed by atoms with Crippen molar-refractivity contribution in [2.75, 3.05) is 5.75 Å². The van der Waals surface area contributed by atoms with Crippen LogP contribution in [0.5, 0.6) is 0 Å². The largest absolute Gasteiger partial charge is 0.343 e. The Labute approximate surface area is 70.4 Å². The first-order chi connectivity index (χ1) is 5.36. The fourth-order valence-electron chi connectivity index (χ4n) is 1.52. The fraction of sp³-hybridized carbons (Fsp3) is 0.625. The smallest absolute Gasteiger partial charge is 0.224 e. The summed E-state index contributed by atoms with van der Waals surface area (Å²) < 4.78 is 0. The third-order valence-electron chi connectivity index (χ3n) is 2.13. The first-order valence-corrected chi connectivity index (χ1v) is 4.99. The highest BCUT2D eigenvalue weighted by Crippen LogP contribution is 2.32. The highest BCUT2D eigenvalue weighted by molar-refractivity contribution is 8.00. The minimum absolute atomic E-state index is 0.170. The summed E-state index contributed by atoms with van der Waals surface area (Å²) in [6, 6.07) is 0. The lowest BCUT2D eigenvalue weighted by molar-refractivity contribution is -0.120. The van der Waals surface area contributed by atoms with Crippen LogP contribution in [0.2, 0.25) is 0 Å². The second-order valence-corrected chi connectivity index (χ2v) is 4.19. The van der Waals surface area contributed by atoms with Gasteiger partial charge in [0.05, 0.1) is 5.37 Å². The van der Waals surface area contributed by atoms with Gasteiger partial charge in [-0.1, -0.05) is 12.2 Å². The average molecular weight is 169 g/mol. The van der Waals surface area contributed by atoms with Gasteiger partial charge in [-0.2, -0.15) is 0 Å². The molecule has 2 aliphatic heterocycles. The molecule has 0 aromatic rings. The van der Waals surface area contributed by atoms with Crippen molar-refractivity contribution >= 4 is 17.7 Å². The zero-order valence-electron chi connectivity index (χ0n) is 6.25. The molecule has 0 radical (unpaired) electrons. The van der Waals surface area contributed by atoms with Crippen molar-refractivity contribution in [3.8, 4) is 0 Å². The fourth-order valence-corrected chi connectivity index (χ4v) is 2.87. The van der Waals surface area contributed by atoms with E-state index in [1.54, 1.807) is 0 Å². The molecule has 2 nitrogen and oxygen atoms in total. The molecule has 2 unspecified atom stereocenters. The molecule has 1 N–H and O–H groups in total. The Morgan fingerprint density at radius 2 is 2.55 bits per heavy atom. The third kappa shape index (κ3) is 1.43. The van der Waals surface area contributed by atoms with E-state index in [1.165, 1.54) is 12.2 Å². The molecule has 1 fully saturated rings. The zero-order valence-corrected chi connectivity index (χ0v) is 7.06. The summed E-state index contributed by atoms with van der Waals surface area (Å²) in [4.78, 5) is 11.0. The molecule has 0 saturated carbocycles. The van der Waals surface area contributed by atoms with Gasteiger partial charge in [0.25, 0.3) is 0 Å². The minimum atomic E-state index is 0.170. The van der Waals surface area contributed by atoms with Crippen LogP contribution in [0.25, 0.3) is 0 Å². The van der Waals surface area contributed by atoms with E-state index >= 15 is 0 Å². The van der Waals surface area contributed by atoms with Gasteiger partial charge in [-0.25, -0.2) is 0 Å². The molecule has 3 heteroatoms. The van der Waals surface area contributed by atoms with Crippen molar-refractivity contribution in [1.82, 2.24) is 5.32 Å². The van der Waals surface area contributed by atoms with Crippen LogP contribution < -0.4 is 5.32 Å². The Morgan fingerprint density at radius 3 is 3.45 bits per heavy atom. The molecule has 2 atom stereocenters. The van der Waals surface area contributed by atoms with E-state index in [0.29, 0.717) is 17.7 Å². The van der Waals surface area contributed by atoms with Crippen molar-refractivity contribution in [2.24, 2.45) is 5.92 Å². The van der Waals surface area contributed by atoms with E-state index < -0.39 is 0 Å². The van der Waals surface area contributed by atoms with Crippen LogP contribution in [0.1, 0.15) is 12.8 Å². The van der Waals surface area contributed by atoms with Gasteiger partial charge in [-0.15, -0.1) is 11.8 Å². The standard InChI is InChI=1S/C8H11NOS/c10-7-3-1-2-6-4-5-11-8(6)9-7/h1-2,6,8H,3-5H2,(H,9,10). The van der Waals surface area contributed by atoms with Crippen LogP contribution >= 0.6 is 11.8 Å². The molecular weight excluding hydrogens is 158 g/mol. The number of fused-ring (bicyclic) bond motifs is 1. The van der Waals surface area contributed by atoms with Gasteiger partial charge < -0.3 is 5.32 Å². The van der Waals surface area contributed by atoms with Crippen molar-refractivity contribution in [3.05, 3.63) is 12.2 Å². The molecule has 0 spiro atoms. The number of hydrogen-bond acceptors (Lipinski definition) is 2. The summed E-state index contributed by atoms with van der Waals surface area (Å²) in [5, 5.41) is 3.36. The van der Waals surface area contributed by atoms with Gasteiger partial charge >= 0.3 is 0 Å². The number of hydrogen-bond donors (Lipinski definition) is 1. The predicted octanol–water partition coefficient (Wildman–Crippen LogP) is 1.14. The Balaban J connectivity index is 2.12. The molecule has 0 bridgehead atoms. The quantitative estimate of drug-likeness (QED) is 0.551. The van der Waals surface area contributed by atoms with Gasteiger partial charge in [0.2, 0.25) is 5.91 Å². The summed E-state index contributed by atoms with van der Waals surface area (Å²) in [5.74, 6) is 1.94. The third-order valence-corrected chi connectivity index (χ3v) is 3.43. The Hall–Kier alpha value is -0.440. The maximum absolute atomic E-state index is 11.0. The van der Waals surface area contributed by atoms with E-state index in [4.69, 9.17) is 0 Å². The minimum Gasteiger partial charge on any atom is -0.343 e. The Kier molecular flexibility index (Phi) is 1.90. The summed E-state index contributed by atoms with van der Waals surface area (Å²) in [5.41, 5.74) is 0. The number of carbonyl (C=O) groups excluding carboxylic acids is 1. The summed E-state index contributed by atoms with van der Waals surface area (Å²) in [6.07, 6.45) is 5.95. The maximum atomic E-state index is 11.0. The van der Waals surface area contributed by atoms with E-state index in [-0.39, 0.29) is 5.91 Å². The zero-order chi connectivity index (χ0) is 7.68. The topological polar surface area (TPSA) is 29.1 Å². The lowest BCUT2D eigenvalue weighted by atomic mass is 10.1. The number of thioether (sulfide) groups is 1. The molecule has 2 rings (SSSR count). The van der Waals surface area contributed by atoms with Gasteiger partial charge in [0.1, 0.15) is 0 Å². The van der Waals surface area contributed by atoms with Crippen LogP contribution in [0.4, 0.5) is 0 Å². The Bertz CT molecular complexity index is 202. The molecule has 11 heavy (non-hydrogen) atoms. The molecule has 2 aliphatic rings. The highest BCUT2D eigenvalue weighted by Gasteiger charge is 2.28. The molecule has 0 aromatic carbocycles. The lowest BCUT2D eigenvalue weighted by Gasteiger charge is -2.13. The van der Waals surface area contributed by atoms with Crippen molar-refractivity contribution < 1.29 is 4.79 Å². The Morgan fingerprint density at radius 1 is 1.64 bits per heavy atom. The molecule has 0 aromatic heterocycles. The summed E-state index contributed by atoms with van der Waals surface area (Å²) in [6.45, 7) is 0. The second-order valence-electron chi connectivity index (χ2n) is 2.94. The number of nitrogens with one attached hydrogen (secondary N) is 1. The summed E-state index contributed by atoms with van der Waals surface area (Å²) >= 11 is 1.86. The maximum Gasteiger partial charge on any atom is 0.224 e. The van der Waals surface area contributed by atoms with Crippen molar-refractivity contribution in [1.29, 1.82) is 0 Å². The van der Waals surface area contributed by atoms with Gasteiger partial charge in [-0.05, 0) is 12.2 Å². The summed E-state index contributed by atoms with van der Waals surface area (Å²) in [7, 11) is 0. The van der Waals surface area contributed by atoms with Crippen LogP contribution in [0, 0.1) is 5.92 Å². The van der Waals surface area contributed by atoms with E-state index in [1.807, 2.05) is 17.8 Å². The lowest BCUT2D eigenvalue weighted by Crippen LogP contribution is -2.32. The van der Waals surface area contributed by atoms with E-state index in [0.717, 1.165) is 0 Å². The molecule has 1 amide bonds. The molecule has 2 heterocycles. The first kappa shape index (κ1) is 7.22. The van der Waals surface area contributed by atoms with Crippen molar-refractivity contribution in [3.63, 3.8) is 0 Å². The molecular formula is C8H11NOS. The highest BCUT2D eigenvalue weighted by atomic mass is 32.2. The van der Waals surface area contributed by atoms with Gasteiger partial charge in [0, 0.05) is 12.3 Å². The number of rotatable bonds is 0. The van der Waals surface area contributed by atoms with E-state index in [9.17, 15) is 4.79 Å². The predicted molar refractivity (Wildman–Crippen MR) is 46.3 cm³/mol. The van der Waals surface area contributed by atoms with Crippen LogP contribution in [0.15, 0.2) is 12.2 Å². The number of amides is 1. The average Bonchev–Trinajstić information content (AvgIpc) is 2.31. The van der Waals surface area contributed by atoms with Crippen molar-refractivity contribution in [2.45, 2.75) is 18.2 Å². The van der Waals surface area contributed by atoms with Crippen LogP contribution in [0.3, 0.4) is 0 Å². The van der Waals surface area contributed by atoms with Gasteiger partial charge in [0.15, 0.2) is 0 Å². The van der Waals surface area contributed by atoms with Gasteiger partial charge in [-0.3, -0.25) is 4.79 Å². The second kappa shape index (κ2) is 2.89. The SMILES string of the molecule is O=C1CC=CC2CCSC2N1. The molecule has 1 saturated heterocycles. The number of carbonyl (C=O) groups is 1. The monoisotopic (exact) mass is 169 g/mol. The molecule has 60 valence electrons.